The predicted molar refractivity (Wildman–Crippen MR) is 227 cm³/mol. The second kappa shape index (κ2) is 14.4. The molecule has 6 heteroatoms. The molecule has 0 fully saturated rings. The zero-order valence-corrected chi connectivity index (χ0v) is 34.0. The van der Waals surface area contributed by atoms with E-state index in [4.69, 9.17) is 9.72 Å². The van der Waals surface area contributed by atoms with Gasteiger partial charge >= 0.3 is 0 Å². The maximum atomic E-state index is 6.58. The van der Waals surface area contributed by atoms with Crippen LogP contribution in [0.25, 0.3) is 38.8 Å². The van der Waals surface area contributed by atoms with Gasteiger partial charge in [-0.1, -0.05) is 120 Å². The predicted octanol–water partition coefficient (Wildman–Crippen LogP) is 13.2. The Morgan fingerprint density at radius 3 is 2.02 bits per heavy atom. The summed E-state index contributed by atoms with van der Waals surface area (Å²) in [5, 5.41) is 2.24. The van der Waals surface area contributed by atoms with Crippen molar-refractivity contribution in [2.45, 2.75) is 52.4 Å². The van der Waals surface area contributed by atoms with Crippen molar-refractivity contribution in [3.8, 4) is 28.4 Å². The zero-order valence-electron chi connectivity index (χ0n) is 32.4. The number of fused-ring (bicyclic) bond motifs is 4. The molecule has 282 valence electrons. The maximum absolute atomic E-state index is 6.58. The average molecular weight is 822 g/mol. The minimum absolute atomic E-state index is 0. The molecule has 56 heavy (non-hydrogen) atoms. The van der Waals surface area contributed by atoms with Gasteiger partial charge in [0.2, 0.25) is 0 Å². The van der Waals surface area contributed by atoms with E-state index in [9.17, 15) is 0 Å². The average Bonchev–Trinajstić information content (AvgIpc) is 3.74. The number of para-hydroxylation sites is 3. The molecule has 0 saturated heterocycles. The normalized spacial score (nSPS) is 12.9. The van der Waals surface area contributed by atoms with E-state index in [2.05, 4.69) is 196 Å². The second-order valence-electron chi connectivity index (χ2n) is 16.3. The van der Waals surface area contributed by atoms with Gasteiger partial charge in [-0.15, -0.1) is 48.1 Å². The molecule has 0 aliphatic carbocycles. The number of hydrogen-bond acceptors (Lipinski definition) is 4. The van der Waals surface area contributed by atoms with Gasteiger partial charge in [0, 0.05) is 66.3 Å². The number of pyridine rings is 1. The molecule has 1 aliphatic heterocycles. The van der Waals surface area contributed by atoms with Crippen molar-refractivity contribution in [2.24, 2.45) is 0 Å². The molecule has 6 aromatic carbocycles. The standard InChI is InChI=1S/C50H43N4O.Pd/c1-49(2,3)35-23-25-40(34-15-8-7-9-16-34)46(29-35)53-33-52(44-21-12-13-22-45(44)53)37-17-14-18-38(31-37)55-39-24-26-42-41-19-10-11-20-43(41)54(47(42)32-39)48-30-36(27-28-51-48)50(4,5)6;/h7-30,33H,1-6H3;/q-3;. The molecule has 0 atom stereocenters. The third-order valence-corrected chi connectivity index (χ3v) is 10.5. The Bertz CT molecular complexity index is 2700. The van der Waals surface area contributed by atoms with E-state index in [-0.39, 0.29) is 31.3 Å². The monoisotopic (exact) mass is 821 g/mol. The van der Waals surface area contributed by atoms with Crippen LogP contribution in [0, 0.1) is 18.8 Å². The van der Waals surface area contributed by atoms with E-state index in [1.807, 2.05) is 24.4 Å². The number of hydrogen-bond donors (Lipinski definition) is 0. The van der Waals surface area contributed by atoms with Crippen molar-refractivity contribution in [3.63, 3.8) is 0 Å². The zero-order chi connectivity index (χ0) is 37.9. The largest absolute Gasteiger partial charge is 0.509 e. The summed E-state index contributed by atoms with van der Waals surface area (Å²) in [5.41, 5.74) is 11.0. The van der Waals surface area contributed by atoms with Crippen LogP contribution >= 0.6 is 0 Å². The van der Waals surface area contributed by atoms with Crippen LogP contribution in [0.3, 0.4) is 0 Å². The summed E-state index contributed by atoms with van der Waals surface area (Å²) in [4.78, 5) is 9.33. The first-order valence-electron chi connectivity index (χ1n) is 18.9. The molecule has 2 aromatic heterocycles. The molecule has 9 rings (SSSR count). The van der Waals surface area contributed by atoms with Crippen LogP contribution in [0.2, 0.25) is 0 Å². The van der Waals surface area contributed by atoms with Gasteiger partial charge in [0.05, 0.1) is 0 Å². The van der Waals surface area contributed by atoms with Crippen molar-refractivity contribution in [1.29, 1.82) is 0 Å². The summed E-state index contributed by atoms with van der Waals surface area (Å²) in [5.74, 6) is 2.07. The topological polar surface area (TPSA) is 33.5 Å². The van der Waals surface area contributed by atoms with Crippen molar-refractivity contribution in [2.75, 3.05) is 9.80 Å². The molecule has 5 nitrogen and oxygen atoms in total. The van der Waals surface area contributed by atoms with Gasteiger partial charge in [0.15, 0.2) is 0 Å². The van der Waals surface area contributed by atoms with Gasteiger partial charge in [-0.25, -0.2) is 4.98 Å². The smallest absolute Gasteiger partial charge is 0.135 e. The summed E-state index contributed by atoms with van der Waals surface area (Å²) in [6.07, 6.45) is 1.90. The van der Waals surface area contributed by atoms with Crippen LogP contribution in [0.15, 0.2) is 146 Å². The van der Waals surface area contributed by atoms with Crippen LogP contribution in [0.4, 0.5) is 22.7 Å². The first-order valence-corrected chi connectivity index (χ1v) is 18.9. The third-order valence-electron chi connectivity index (χ3n) is 10.5. The minimum atomic E-state index is -0.0136. The van der Waals surface area contributed by atoms with Crippen molar-refractivity contribution < 1.29 is 25.2 Å². The molecular formula is C50H43N4OPd-3. The van der Waals surface area contributed by atoms with E-state index in [1.165, 1.54) is 22.3 Å². The molecule has 8 aromatic rings. The first-order chi connectivity index (χ1) is 26.5. The summed E-state index contributed by atoms with van der Waals surface area (Å²) in [7, 11) is 0. The van der Waals surface area contributed by atoms with Gasteiger partial charge in [-0.3, -0.25) is 0 Å². The van der Waals surface area contributed by atoms with Crippen LogP contribution in [-0.2, 0) is 31.3 Å². The molecule has 0 saturated carbocycles. The van der Waals surface area contributed by atoms with E-state index in [0.29, 0.717) is 11.5 Å². The van der Waals surface area contributed by atoms with Crippen LogP contribution in [0.5, 0.6) is 11.5 Å². The SMILES string of the molecule is CC(C)(C)c1ccnc(-n2c3[c-]c(Oc4[c-]c(N5[CH-]N(c6cc(C(C)(C)C)ccc6-c6ccccc6)c6ccccc65)ccc4)ccc3c3ccccc32)c1.[Pd]. The first kappa shape index (κ1) is 37.3. The van der Waals surface area contributed by atoms with E-state index >= 15 is 0 Å². The Hall–Kier alpha value is -5.67. The number of anilines is 4. The van der Waals surface area contributed by atoms with Crippen molar-refractivity contribution in [3.05, 3.63) is 176 Å². The van der Waals surface area contributed by atoms with Gasteiger partial charge < -0.3 is 19.1 Å². The summed E-state index contributed by atoms with van der Waals surface area (Å²) in [6.45, 7) is 15.6. The van der Waals surface area contributed by atoms with Gasteiger partial charge in [0.1, 0.15) is 5.82 Å². The van der Waals surface area contributed by atoms with Gasteiger partial charge in [-0.05, 0) is 69.3 Å². The number of rotatable bonds is 6. The molecule has 1 aliphatic rings. The van der Waals surface area contributed by atoms with Gasteiger partial charge in [0.25, 0.3) is 0 Å². The molecular weight excluding hydrogens is 779 g/mol. The summed E-state index contributed by atoms with van der Waals surface area (Å²) in [6, 6.07) is 56.1. The number of aromatic nitrogens is 2. The molecule has 0 bridgehead atoms. The molecule has 0 radical (unpaired) electrons. The van der Waals surface area contributed by atoms with Crippen molar-refractivity contribution in [1.82, 2.24) is 9.55 Å². The number of nitrogens with zero attached hydrogens (tertiary/aromatic N) is 4. The molecule has 3 heterocycles. The molecule has 0 N–H and O–H groups in total. The Morgan fingerprint density at radius 2 is 1.25 bits per heavy atom. The van der Waals surface area contributed by atoms with E-state index in [0.717, 1.165) is 50.4 Å². The summed E-state index contributed by atoms with van der Waals surface area (Å²) < 4.78 is 8.77. The molecule has 0 amide bonds. The fourth-order valence-electron chi connectivity index (χ4n) is 7.49. The quantitative estimate of drug-likeness (QED) is 0.124. The number of ether oxygens (including phenoxy) is 1. The Labute approximate surface area is 343 Å². The fraction of sp³-hybridized carbons (Fsp3) is 0.160. The third kappa shape index (κ3) is 6.78. The molecule has 0 spiro atoms. The van der Waals surface area contributed by atoms with Gasteiger partial charge in [-0.2, -0.15) is 12.1 Å². The maximum Gasteiger partial charge on any atom is 0.135 e. The second-order valence-corrected chi connectivity index (χ2v) is 16.3. The van der Waals surface area contributed by atoms with Crippen molar-refractivity contribution >= 4 is 44.6 Å². The molecule has 0 unspecified atom stereocenters. The van der Waals surface area contributed by atoms with E-state index in [1.54, 1.807) is 0 Å². The Morgan fingerprint density at radius 1 is 0.571 bits per heavy atom. The Kier molecular flexibility index (Phi) is 9.61. The fourth-order valence-corrected chi connectivity index (χ4v) is 7.49. The minimum Gasteiger partial charge on any atom is -0.509 e. The van der Waals surface area contributed by atoms with Crippen LogP contribution in [-0.4, -0.2) is 9.55 Å². The number of benzene rings is 6. The summed E-state index contributed by atoms with van der Waals surface area (Å²) >= 11 is 0. The Balaban J connectivity index is 0.00000441. The van der Waals surface area contributed by atoms with E-state index < -0.39 is 0 Å². The van der Waals surface area contributed by atoms with Crippen LogP contribution < -0.4 is 14.5 Å². The van der Waals surface area contributed by atoms with Crippen LogP contribution in [0.1, 0.15) is 52.7 Å².